The molecule has 0 radical (unpaired) electrons. The summed E-state index contributed by atoms with van der Waals surface area (Å²) < 4.78 is 48.2. The molecule has 0 fully saturated rings. The standard InChI is InChI=1S/C19H14F3N5O/c20-12-6-14(22)13(21)4-10(12)11-5-16-17(7-15(11)23)27-2-1-9(3-18(27)26-16)19-24-8-25-28-19/h1-4,6,8,11,15H,5,7,23H2. The maximum absolute atomic E-state index is 14.3. The van der Waals surface area contributed by atoms with Crippen LogP contribution in [0.25, 0.3) is 17.1 Å². The van der Waals surface area contributed by atoms with Gasteiger partial charge in [0, 0.05) is 41.9 Å². The zero-order chi connectivity index (χ0) is 19.4. The van der Waals surface area contributed by atoms with E-state index in [0.717, 1.165) is 23.0 Å². The monoisotopic (exact) mass is 385 g/mol. The fourth-order valence-corrected chi connectivity index (χ4v) is 3.85. The van der Waals surface area contributed by atoms with Gasteiger partial charge in [0.1, 0.15) is 11.5 Å². The summed E-state index contributed by atoms with van der Waals surface area (Å²) in [6.07, 6.45) is 3.91. The molecule has 0 saturated carbocycles. The Kier molecular flexibility index (Phi) is 3.73. The van der Waals surface area contributed by atoms with Gasteiger partial charge in [-0.25, -0.2) is 18.2 Å². The highest BCUT2D eigenvalue weighted by Crippen LogP contribution is 2.35. The lowest BCUT2D eigenvalue weighted by molar-refractivity contribution is 0.430. The number of nitrogens with two attached hydrogens (primary N) is 1. The van der Waals surface area contributed by atoms with Gasteiger partial charge in [0.2, 0.25) is 0 Å². The van der Waals surface area contributed by atoms with Crippen LogP contribution >= 0.6 is 0 Å². The number of hydrogen-bond acceptors (Lipinski definition) is 5. The molecule has 9 heteroatoms. The van der Waals surface area contributed by atoms with Crippen molar-refractivity contribution < 1.29 is 17.7 Å². The van der Waals surface area contributed by atoms with Crippen LogP contribution in [0.3, 0.4) is 0 Å². The number of rotatable bonds is 2. The Morgan fingerprint density at radius 1 is 1.07 bits per heavy atom. The topological polar surface area (TPSA) is 82.2 Å². The zero-order valence-electron chi connectivity index (χ0n) is 14.4. The molecular weight excluding hydrogens is 371 g/mol. The van der Waals surface area contributed by atoms with Crippen LogP contribution in [0, 0.1) is 17.5 Å². The van der Waals surface area contributed by atoms with Crippen molar-refractivity contribution in [3.63, 3.8) is 0 Å². The first-order chi connectivity index (χ1) is 13.5. The van der Waals surface area contributed by atoms with Gasteiger partial charge in [0.15, 0.2) is 18.0 Å². The summed E-state index contributed by atoms with van der Waals surface area (Å²) in [5.41, 5.74) is 9.41. The Hall–Kier alpha value is -3.20. The lowest BCUT2D eigenvalue weighted by Crippen LogP contribution is -2.37. The van der Waals surface area contributed by atoms with Gasteiger partial charge in [0.05, 0.1) is 5.69 Å². The summed E-state index contributed by atoms with van der Waals surface area (Å²) >= 11 is 0. The van der Waals surface area contributed by atoms with Crippen LogP contribution in [0.4, 0.5) is 13.2 Å². The molecule has 4 aromatic rings. The first-order valence-electron chi connectivity index (χ1n) is 8.68. The van der Waals surface area contributed by atoms with E-state index in [4.69, 9.17) is 10.3 Å². The summed E-state index contributed by atoms with van der Waals surface area (Å²) in [6, 6.07) is 4.64. The van der Waals surface area contributed by atoms with Gasteiger partial charge in [-0.05, 0) is 30.2 Å². The van der Waals surface area contributed by atoms with E-state index in [1.54, 1.807) is 0 Å². The van der Waals surface area contributed by atoms with Gasteiger partial charge in [-0.15, -0.1) is 0 Å². The van der Waals surface area contributed by atoms with E-state index in [9.17, 15) is 13.2 Å². The number of fused-ring (bicyclic) bond motifs is 3. The van der Waals surface area contributed by atoms with Crippen molar-refractivity contribution >= 4 is 5.65 Å². The quantitative estimate of drug-likeness (QED) is 0.537. The largest absolute Gasteiger partial charge is 0.334 e. The van der Waals surface area contributed by atoms with Crippen LogP contribution in [-0.2, 0) is 12.8 Å². The molecule has 3 aromatic heterocycles. The van der Waals surface area contributed by atoms with Crippen molar-refractivity contribution in [3.05, 3.63) is 71.2 Å². The number of imidazole rings is 1. The Bertz CT molecular complexity index is 1190. The predicted octanol–water partition coefficient (Wildman–Crippen LogP) is 3.01. The van der Waals surface area contributed by atoms with Gasteiger partial charge in [-0.2, -0.15) is 4.98 Å². The van der Waals surface area contributed by atoms with E-state index >= 15 is 0 Å². The van der Waals surface area contributed by atoms with Gasteiger partial charge < -0.3 is 14.7 Å². The molecule has 3 heterocycles. The lowest BCUT2D eigenvalue weighted by atomic mass is 9.80. The normalized spacial score (nSPS) is 19.1. The molecule has 0 bridgehead atoms. The molecular formula is C19H14F3N5O. The summed E-state index contributed by atoms with van der Waals surface area (Å²) in [6.45, 7) is 0. The van der Waals surface area contributed by atoms with Crippen molar-refractivity contribution in [1.29, 1.82) is 0 Å². The molecule has 0 aliphatic heterocycles. The molecule has 5 rings (SSSR count). The maximum Gasteiger partial charge on any atom is 0.257 e. The van der Waals surface area contributed by atoms with Crippen LogP contribution < -0.4 is 5.73 Å². The molecule has 2 unspecified atom stereocenters. The summed E-state index contributed by atoms with van der Waals surface area (Å²) in [4.78, 5) is 8.65. The number of benzene rings is 1. The number of hydrogen-bond donors (Lipinski definition) is 1. The van der Waals surface area contributed by atoms with Gasteiger partial charge >= 0.3 is 0 Å². The van der Waals surface area contributed by atoms with Gasteiger partial charge in [-0.1, -0.05) is 5.16 Å². The van der Waals surface area contributed by atoms with Crippen LogP contribution in [0.2, 0.25) is 0 Å². The number of aromatic nitrogens is 4. The van der Waals surface area contributed by atoms with E-state index in [2.05, 4.69) is 15.1 Å². The third-order valence-corrected chi connectivity index (χ3v) is 5.21. The summed E-state index contributed by atoms with van der Waals surface area (Å²) in [5, 5.41) is 3.60. The fraction of sp³-hybridized carbons (Fsp3) is 0.211. The first-order valence-corrected chi connectivity index (χ1v) is 8.68. The third-order valence-electron chi connectivity index (χ3n) is 5.21. The second-order valence-corrected chi connectivity index (χ2v) is 6.86. The number of halogens is 3. The van der Waals surface area contributed by atoms with Crippen LogP contribution in [0.5, 0.6) is 0 Å². The highest BCUT2D eigenvalue weighted by Gasteiger charge is 2.33. The minimum atomic E-state index is -1.22. The van der Waals surface area contributed by atoms with Crippen molar-refractivity contribution in [2.75, 3.05) is 0 Å². The average molecular weight is 385 g/mol. The van der Waals surface area contributed by atoms with E-state index in [0.29, 0.717) is 30.4 Å². The first kappa shape index (κ1) is 16.9. The molecule has 1 aliphatic rings. The predicted molar refractivity (Wildman–Crippen MR) is 92.9 cm³/mol. The second kappa shape index (κ2) is 6.16. The van der Waals surface area contributed by atoms with Gasteiger partial charge in [0.25, 0.3) is 5.89 Å². The van der Waals surface area contributed by atoms with Crippen molar-refractivity contribution in [3.8, 4) is 11.5 Å². The molecule has 2 atom stereocenters. The molecule has 6 nitrogen and oxygen atoms in total. The molecule has 2 N–H and O–H groups in total. The lowest BCUT2D eigenvalue weighted by Gasteiger charge is -2.29. The Labute approximate surface area is 156 Å². The average Bonchev–Trinajstić information content (AvgIpc) is 3.31. The Morgan fingerprint density at radius 3 is 2.68 bits per heavy atom. The molecule has 1 aromatic carbocycles. The molecule has 28 heavy (non-hydrogen) atoms. The smallest absolute Gasteiger partial charge is 0.257 e. The van der Waals surface area contributed by atoms with Crippen LogP contribution in [-0.4, -0.2) is 25.6 Å². The summed E-state index contributed by atoms with van der Waals surface area (Å²) in [5.74, 6) is -3.23. The summed E-state index contributed by atoms with van der Waals surface area (Å²) in [7, 11) is 0. The van der Waals surface area contributed by atoms with Gasteiger partial charge in [-0.3, -0.25) is 0 Å². The molecule has 0 spiro atoms. The van der Waals surface area contributed by atoms with Crippen LogP contribution in [0.15, 0.2) is 41.3 Å². The minimum Gasteiger partial charge on any atom is -0.334 e. The van der Waals surface area contributed by atoms with Crippen molar-refractivity contribution in [2.24, 2.45) is 5.73 Å². The van der Waals surface area contributed by atoms with E-state index in [-0.39, 0.29) is 5.56 Å². The van der Waals surface area contributed by atoms with E-state index < -0.39 is 29.4 Å². The Balaban J connectivity index is 1.56. The Morgan fingerprint density at radius 2 is 1.89 bits per heavy atom. The van der Waals surface area contributed by atoms with E-state index in [1.807, 2.05) is 22.7 Å². The second-order valence-electron chi connectivity index (χ2n) is 6.86. The molecule has 0 saturated heterocycles. The van der Waals surface area contributed by atoms with Crippen molar-refractivity contribution in [1.82, 2.24) is 19.5 Å². The highest BCUT2D eigenvalue weighted by molar-refractivity contribution is 5.61. The molecule has 1 aliphatic carbocycles. The third kappa shape index (κ3) is 2.58. The number of pyridine rings is 1. The van der Waals surface area contributed by atoms with Crippen molar-refractivity contribution in [2.45, 2.75) is 24.8 Å². The highest BCUT2D eigenvalue weighted by atomic mass is 19.2. The SMILES string of the molecule is NC1Cc2c(nc3cc(-c4ncno4)ccn23)CC1c1cc(F)c(F)cc1F. The van der Waals surface area contributed by atoms with Crippen LogP contribution in [0.1, 0.15) is 22.9 Å². The number of nitrogens with zero attached hydrogens (tertiary/aromatic N) is 4. The fourth-order valence-electron chi connectivity index (χ4n) is 3.85. The minimum absolute atomic E-state index is 0.0701. The zero-order valence-corrected chi connectivity index (χ0v) is 14.4. The molecule has 0 amide bonds. The molecule has 142 valence electrons. The maximum atomic E-state index is 14.3. The van der Waals surface area contributed by atoms with E-state index in [1.165, 1.54) is 6.33 Å².